The maximum atomic E-state index is 14.6. The third-order valence-electron chi connectivity index (χ3n) is 9.14. The molecule has 1 spiro atoms. The molecule has 3 aliphatic heterocycles. The molecule has 0 aliphatic carbocycles. The van der Waals surface area contributed by atoms with Crippen LogP contribution in [0.4, 0.5) is 5.69 Å². The van der Waals surface area contributed by atoms with Crippen molar-refractivity contribution in [3.63, 3.8) is 0 Å². The van der Waals surface area contributed by atoms with E-state index in [0.717, 1.165) is 12.8 Å². The van der Waals surface area contributed by atoms with Crippen molar-refractivity contribution < 1.29 is 33.7 Å². The second-order valence-corrected chi connectivity index (χ2v) is 11.6. The molecule has 3 aliphatic rings. The number of carbonyl (C=O) groups is 3. The molecule has 224 valence electrons. The highest BCUT2D eigenvalue weighted by Crippen LogP contribution is 2.65. The number of likely N-dealkylation sites (tertiary alicyclic amines) is 1. The number of methoxy groups -OCH3 is 1. The molecule has 3 fully saturated rings. The van der Waals surface area contributed by atoms with Crippen LogP contribution in [0, 0.1) is 17.8 Å². The second kappa shape index (κ2) is 12.8. The molecule has 0 aromatic heterocycles. The lowest BCUT2D eigenvalue weighted by Gasteiger charge is -2.37. The molecule has 0 saturated carbocycles. The summed E-state index contributed by atoms with van der Waals surface area (Å²) in [6.07, 6.45) is 7.31. The first-order valence-electron chi connectivity index (χ1n) is 14.7. The van der Waals surface area contributed by atoms with Gasteiger partial charge in [-0.1, -0.05) is 31.9 Å². The van der Waals surface area contributed by atoms with Gasteiger partial charge >= 0.3 is 5.97 Å². The molecule has 3 saturated heterocycles. The number of fused-ring (bicyclic) bond motifs is 1. The maximum Gasteiger partial charge on any atom is 0.312 e. The summed E-state index contributed by atoms with van der Waals surface area (Å²) in [7, 11) is 1.58. The summed E-state index contributed by atoms with van der Waals surface area (Å²) < 4.78 is 17.7. The number of anilines is 1. The van der Waals surface area contributed by atoms with Crippen LogP contribution in [0.15, 0.2) is 49.6 Å². The number of rotatable bonds is 15. The first-order chi connectivity index (χ1) is 19.7. The van der Waals surface area contributed by atoms with Crippen molar-refractivity contribution in [1.82, 2.24) is 4.90 Å². The van der Waals surface area contributed by atoms with Crippen molar-refractivity contribution in [2.24, 2.45) is 17.8 Å². The smallest absolute Gasteiger partial charge is 0.312 e. The topological polar surface area (TPSA) is 106 Å². The van der Waals surface area contributed by atoms with E-state index < -0.39 is 35.0 Å². The summed E-state index contributed by atoms with van der Waals surface area (Å²) in [5, 5.41) is 9.18. The Balaban J connectivity index is 1.74. The average molecular weight is 569 g/mol. The summed E-state index contributed by atoms with van der Waals surface area (Å²) in [6.45, 7) is 12.3. The van der Waals surface area contributed by atoms with Gasteiger partial charge in [-0.05, 0) is 62.8 Å². The molecular formula is C32H44N2O7. The molecule has 1 aromatic carbocycles. The largest absolute Gasteiger partial charge is 0.497 e. The first-order valence-corrected chi connectivity index (χ1v) is 14.7. The number of esters is 1. The number of nitrogens with zero attached hydrogens (tertiary/aromatic N) is 2. The van der Waals surface area contributed by atoms with E-state index in [1.54, 1.807) is 41.2 Å². The Morgan fingerprint density at radius 2 is 1.88 bits per heavy atom. The zero-order valence-corrected chi connectivity index (χ0v) is 24.5. The van der Waals surface area contributed by atoms with E-state index in [4.69, 9.17) is 14.2 Å². The van der Waals surface area contributed by atoms with Crippen LogP contribution in [-0.2, 0) is 23.9 Å². The normalized spacial score (nSPS) is 29.8. The lowest BCUT2D eigenvalue weighted by atomic mass is 9.62. The fourth-order valence-corrected chi connectivity index (χ4v) is 7.06. The van der Waals surface area contributed by atoms with E-state index in [0.29, 0.717) is 43.7 Å². The van der Waals surface area contributed by atoms with Crippen LogP contribution in [-0.4, -0.2) is 78.4 Å². The zero-order valence-electron chi connectivity index (χ0n) is 24.5. The van der Waals surface area contributed by atoms with Gasteiger partial charge in [0.05, 0.1) is 25.2 Å². The highest BCUT2D eigenvalue weighted by Gasteiger charge is 2.80. The minimum Gasteiger partial charge on any atom is -0.497 e. The molecule has 9 heteroatoms. The lowest BCUT2D eigenvalue weighted by Crippen LogP contribution is -2.57. The Morgan fingerprint density at radius 3 is 2.51 bits per heavy atom. The van der Waals surface area contributed by atoms with E-state index >= 15 is 0 Å². The third kappa shape index (κ3) is 5.42. The molecule has 3 heterocycles. The summed E-state index contributed by atoms with van der Waals surface area (Å²) >= 11 is 0. The highest BCUT2D eigenvalue weighted by molar-refractivity contribution is 6.04. The maximum absolute atomic E-state index is 14.6. The zero-order chi connectivity index (χ0) is 29.8. The number of aliphatic hydroxyl groups excluding tert-OH is 1. The van der Waals surface area contributed by atoms with Gasteiger partial charge in [0, 0.05) is 25.4 Å². The van der Waals surface area contributed by atoms with Crippen molar-refractivity contribution in [3.8, 4) is 5.75 Å². The quantitative estimate of drug-likeness (QED) is 0.194. The van der Waals surface area contributed by atoms with Crippen LogP contribution in [0.3, 0.4) is 0 Å². The average Bonchev–Trinajstić information content (AvgIpc) is 3.48. The Kier molecular flexibility index (Phi) is 9.59. The van der Waals surface area contributed by atoms with Gasteiger partial charge in [-0.2, -0.15) is 0 Å². The van der Waals surface area contributed by atoms with Gasteiger partial charge in [0.15, 0.2) is 0 Å². The van der Waals surface area contributed by atoms with Crippen LogP contribution < -0.4 is 9.64 Å². The number of ether oxygens (including phenoxy) is 3. The van der Waals surface area contributed by atoms with Gasteiger partial charge < -0.3 is 29.1 Å². The molecule has 2 bridgehead atoms. The predicted molar refractivity (Wildman–Crippen MR) is 155 cm³/mol. The Bertz CT molecular complexity index is 1140. The van der Waals surface area contributed by atoms with Crippen molar-refractivity contribution in [2.75, 3.05) is 38.3 Å². The van der Waals surface area contributed by atoms with Gasteiger partial charge in [-0.3, -0.25) is 14.4 Å². The number of hydrogen-bond acceptors (Lipinski definition) is 7. The van der Waals surface area contributed by atoms with Crippen LogP contribution >= 0.6 is 0 Å². The predicted octanol–water partition coefficient (Wildman–Crippen LogP) is 3.90. The highest BCUT2D eigenvalue weighted by atomic mass is 16.6. The third-order valence-corrected chi connectivity index (χ3v) is 9.14. The monoisotopic (exact) mass is 568 g/mol. The first kappa shape index (κ1) is 30.8. The number of benzene rings is 1. The standard InChI is InChI=1S/C32H44N2O7/c1-6-8-20-40-30(38)26-25-28(36)34(18-11-9-10-12-19-35)27(32(25)21-22(3)31(26,4)41-32)29(37)33(17-7-2)23-13-15-24(39-5)16-14-23/h6-7,13-16,22,25-27,35H,1-2,8-12,17-21H2,3-5H3/t22?,25-,26+,27?,31-,32?/m0/s1. The van der Waals surface area contributed by atoms with Crippen molar-refractivity contribution in [2.45, 2.75) is 69.6 Å². The van der Waals surface area contributed by atoms with Crippen molar-refractivity contribution in [3.05, 3.63) is 49.6 Å². The van der Waals surface area contributed by atoms with Crippen LogP contribution in [0.5, 0.6) is 5.75 Å². The fraction of sp³-hybridized carbons (Fsp3) is 0.594. The molecule has 9 nitrogen and oxygen atoms in total. The molecule has 0 radical (unpaired) electrons. The molecule has 6 atom stereocenters. The summed E-state index contributed by atoms with van der Waals surface area (Å²) in [6, 6.07) is 6.28. The van der Waals surface area contributed by atoms with E-state index in [9.17, 15) is 19.5 Å². The van der Waals surface area contributed by atoms with E-state index in [-0.39, 0.29) is 37.5 Å². The number of hydrogen-bond donors (Lipinski definition) is 1. The van der Waals surface area contributed by atoms with Gasteiger partial charge in [0.25, 0.3) is 5.91 Å². The fourth-order valence-electron chi connectivity index (χ4n) is 7.06. The van der Waals surface area contributed by atoms with Crippen LogP contribution in [0.25, 0.3) is 0 Å². The Morgan fingerprint density at radius 1 is 1.17 bits per heavy atom. The molecule has 1 N–H and O–H groups in total. The number of unbranched alkanes of at least 4 members (excludes halogenated alkanes) is 3. The molecular weight excluding hydrogens is 524 g/mol. The van der Waals surface area contributed by atoms with Gasteiger partial charge in [-0.25, -0.2) is 0 Å². The Hall–Kier alpha value is -3.17. The molecule has 1 aromatic rings. The van der Waals surface area contributed by atoms with E-state index in [2.05, 4.69) is 13.2 Å². The van der Waals surface area contributed by atoms with Gasteiger partial charge in [0.2, 0.25) is 5.91 Å². The molecule has 3 unspecified atom stereocenters. The van der Waals surface area contributed by atoms with Crippen LogP contribution in [0.2, 0.25) is 0 Å². The number of aliphatic hydroxyl groups is 1. The lowest BCUT2D eigenvalue weighted by molar-refractivity contribution is -0.161. The Labute approximate surface area is 243 Å². The van der Waals surface area contributed by atoms with Gasteiger partial charge in [-0.15, -0.1) is 13.2 Å². The molecule has 4 rings (SSSR count). The van der Waals surface area contributed by atoms with Crippen molar-refractivity contribution in [1.29, 1.82) is 0 Å². The molecule has 41 heavy (non-hydrogen) atoms. The van der Waals surface area contributed by atoms with Crippen LogP contribution in [0.1, 0.15) is 52.4 Å². The minimum absolute atomic E-state index is 0.0721. The van der Waals surface area contributed by atoms with E-state index in [1.807, 2.05) is 26.0 Å². The summed E-state index contributed by atoms with van der Waals surface area (Å²) in [5.41, 5.74) is -1.43. The van der Waals surface area contributed by atoms with Crippen molar-refractivity contribution >= 4 is 23.5 Å². The SMILES string of the molecule is C=CCCOC(=O)[C@H]1[C@H]2C(=O)N(CCCCCCO)C(C(=O)N(CC=C)c3ccc(OC)cc3)C23CC(C)[C@]1(C)O3. The molecule has 2 amide bonds. The summed E-state index contributed by atoms with van der Waals surface area (Å²) in [4.78, 5) is 45.7. The minimum atomic E-state index is -1.15. The number of carbonyl (C=O) groups excluding carboxylic acids is 3. The summed E-state index contributed by atoms with van der Waals surface area (Å²) in [5.74, 6) is -2.00. The number of amides is 2. The van der Waals surface area contributed by atoms with Gasteiger partial charge in [0.1, 0.15) is 23.3 Å². The second-order valence-electron chi connectivity index (χ2n) is 11.6. The van der Waals surface area contributed by atoms with E-state index in [1.165, 1.54) is 0 Å².